The molecular formula is C17H23N3O2. The number of hydrogen-bond donors (Lipinski definition) is 2. The molecule has 0 radical (unpaired) electrons. The summed E-state index contributed by atoms with van der Waals surface area (Å²) in [7, 11) is 0. The van der Waals surface area contributed by atoms with Crippen LogP contribution in [0, 0.1) is 13.8 Å². The van der Waals surface area contributed by atoms with Crippen LogP contribution in [0.3, 0.4) is 0 Å². The molecule has 0 aliphatic heterocycles. The van der Waals surface area contributed by atoms with Crippen molar-refractivity contribution in [3.63, 3.8) is 0 Å². The van der Waals surface area contributed by atoms with E-state index in [0.29, 0.717) is 12.2 Å². The molecule has 0 aliphatic carbocycles. The number of aromatic nitrogens is 2. The fourth-order valence-corrected chi connectivity index (χ4v) is 2.33. The Morgan fingerprint density at radius 1 is 1.27 bits per heavy atom. The number of nitrogens with one attached hydrogen (secondary N) is 1. The average molecular weight is 301 g/mol. The van der Waals surface area contributed by atoms with Gasteiger partial charge in [-0.1, -0.05) is 31.0 Å². The predicted molar refractivity (Wildman–Crippen MR) is 87.6 cm³/mol. The van der Waals surface area contributed by atoms with Crippen LogP contribution in [0.4, 0.5) is 0 Å². The number of unbranched alkanes of at least 4 members (excludes halogenated alkanes) is 1. The monoisotopic (exact) mass is 301 g/mol. The van der Waals surface area contributed by atoms with Crippen LogP contribution in [-0.2, 0) is 6.54 Å². The molecule has 0 saturated carbocycles. The van der Waals surface area contributed by atoms with Gasteiger partial charge in [0.1, 0.15) is 11.4 Å². The third kappa shape index (κ3) is 3.74. The summed E-state index contributed by atoms with van der Waals surface area (Å²) in [5.74, 6) is -0.0602. The molecule has 0 atom stereocenters. The van der Waals surface area contributed by atoms with Crippen molar-refractivity contribution in [3.05, 3.63) is 51.4 Å². The number of aromatic hydroxyl groups is 1. The molecule has 0 bridgehead atoms. The van der Waals surface area contributed by atoms with Crippen LogP contribution in [0.25, 0.3) is 5.69 Å². The Kier molecular flexibility index (Phi) is 5.33. The molecule has 2 aromatic rings. The molecule has 1 heterocycles. The van der Waals surface area contributed by atoms with Crippen molar-refractivity contribution in [2.75, 3.05) is 6.54 Å². The Bertz CT molecular complexity index is 708. The lowest BCUT2D eigenvalue weighted by atomic mass is 10.1. The lowest BCUT2D eigenvalue weighted by molar-refractivity contribution is 0.451. The van der Waals surface area contributed by atoms with E-state index in [-0.39, 0.29) is 11.3 Å². The smallest absolute Gasteiger partial charge is 0.275 e. The highest BCUT2D eigenvalue weighted by Gasteiger charge is 2.10. The number of hydrogen-bond acceptors (Lipinski definition) is 4. The Morgan fingerprint density at radius 2 is 2.05 bits per heavy atom. The maximum Gasteiger partial charge on any atom is 0.275 e. The highest BCUT2D eigenvalue weighted by molar-refractivity contribution is 5.42. The SMILES string of the molecule is CCCCNCc1nn(-c2ccc(C)cc2C)c(=O)cc1O. The van der Waals surface area contributed by atoms with Crippen molar-refractivity contribution < 1.29 is 5.11 Å². The number of aryl methyl sites for hydroxylation is 2. The van der Waals surface area contributed by atoms with Crippen molar-refractivity contribution >= 4 is 0 Å². The topological polar surface area (TPSA) is 67.2 Å². The summed E-state index contributed by atoms with van der Waals surface area (Å²) in [5.41, 5.74) is 3.00. The second-order valence-corrected chi connectivity index (χ2v) is 5.55. The molecular weight excluding hydrogens is 278 g/mol. The van der Waals surface area contributed by atoms with Gasteiger partial charge >= 0.3 is 0 Å². The van der Waals surface area contributed by atoms with Crippen molar-refractivity contribution in [1.82, 2.24) is 15.1 Å². The van der Waals surface area contributed by atoms with E-state index in [2.05, 4.69) is 17.3 Å². The van der Waals surface area contributed by atoms with Crippen LogP contribution in [0.15, 0.2) is 29.1 Å². The summed E-state index contributed by atoms with van der Waals surface area (Å²) in [6.07, 6.45) is 2.17. The second-order valence-electron chi connectivity index (χ2n) is 5.55. The minimum Gasteiger partial charge on any atom is -0.506 e. The first-order valence-electron chi connectivity index (χ1n) is 7.63. The first-order chi connectivity index (χ1) is 10.5. The van der Waals surface area contributed by atoms with Crippen LogP contribution in [-0.4, -0.2) is 21.4 Å². The molecule has 1 aromatic heterocycles. The largest absolute Gasteiger partial charge is 0.506 e. The Morgan fingerprint density at radius 3 is 2.73 bits per heavy atom. The van der Waals surface area contributed by atoms with E-state index in [0.717, 1.165) is 36.2 Å². The van der Waals surface area contributed by atoms with Crippen molar-refractivity contribution in [1.29, 1.82) is 0 Å². The van der Waals surface area contributed by atoms with Gasteiger partial charge in [-0.25, -0.2) is 0 Å². The Hall–Kier alpha value is -2.14. The van der Waals surface area contributed by atoms with Gasteiger partial charge in [-0.05, 0) is 38.4 Å². The number of benzene rings is 1. The first-order valence-corrected chi connectivity index (χ1v) is 7.63. The van der Waals surface area contributed by atoms with E-state index in [1.54, 1.807) is 0 Å². The van der Waals surface area contributed by atoms with Gasteiger partial charge in [0.05, 0.1) is 5.69 Å². The third-order valence-electron chi connectivity index (χ3n) is 3.57. The maximum atomic E-state index is 12.1. The van der Waals surface area contributed by atoms with E-state index in [9.17, 15) is 9.90 Å². The van der Waals surface area contributed by atoms with E-state index in [1.165, 1.54) is 10.7 Å². The molecule has 5 heteroatoms. The van der Waals surface area contributed by atoms with E-state index >= 15 is 0 Å². The molecule has 2 rings (SSSR count). The van der Waals surface area contributed by atoms with Crippen molar-refractivity contribution in [3.8, 4) is 11.4 Å². The molecule has 0 aliphatic rings. The molecule has 1 aromatic carbocycles. The van der Waals surface area contributed by atoms with E-state index in [4.69, 9.17) is 0 Å². The van der Waals surface area contributed by atoms with Gasteiger partial charge in [-0.15, -0.1) is 0 Å². The molecule has 2 N–H and O–H groups in total. The first kappa shape index (κ1) is 16.2. The van der Waals surface area contributed by atoms with E-state index < -0.39 is 0 Å². The van der Waals surface area contributed by atoms with Crippen molar-refractivity contribution in [2.24, 2.45) is 0 Å². The fraction of sp³-hybridized carbons (Fsp3) is 0.412. The molecule has 0 saturated heterocycles. The summed E-state index contributed by atoms with van der Waals surface area (Å²) in [6.45, 7) is 7.38. The van der Waals surface area contributed by atoms with Gasteiger partial charge in [0.2, 0.25) is 0 Å². The summed E-state index contributed by atoms with van der Waals surface area (Å²) in [5, 5.41) is 17.5. The lowest BCUT2D eigenvalue weighted by Gasteiger charge is -2.12. The van der Waals surface area contributed by atoms with Crippen molar-refractivity contribution in [2.45, 2.75) is 40.2 Å². The van der Waals surface area contributed by atoms with Gasteiger partial charge in [0, 0.05) is 12.6 Å². The highest BCUT2D eigenvalue weighted by atomic mass is 16.3. The zero-order chi connectivity index (χ0) is 16.1. The molecule has 118 valence electrons. The summed E-state index contributed by atoms with van der Waals surface area (Å²) < 4.78 is 1.35. The van der Waals surface area contributed by atoms with Gasteiger partial charge in [0.15, 0.2) is 0 Å². The van der Waals surface area contributed by atoms with Crippen LogP contribution in [0.1, 0.15) is 36.6 Å². The molecule has 22 heavy (non-hydrogen) atoms. The average Bonchev–Trinajstić information content (AvgIpc) is 2.46. The summed E-state index contributed by atoms with van der Waals surface area (Å²) >= 11 is 0. The minimum absolute atomic E-state index is 0.0602. The van der Waals surface area contributed by atoms with Crippen LogP contribution >= 0.6 is 0 Å². The van der Waals surface area contributed by atoms with Crippen LogP contribution < -0.4 is 10.9 Å². The van der Waals surface area contributed by atoms with Gasteiger partial charge < -0.3 is 10.4 Å². The quantitative estimate of drug-likeness (QED) is 0.804. The molecule has 0 spiro atoms. The van der Waals surface area contributed by atoms with E-state index in [1.807, 2.05) is 32.0 Å². The maximum absolute atomic E-state index is 12.1. The van der Waals surface area contributed by atoms with Gasteiger partial charge in [0.25, 0.3) is 5.56 Å². The van der Waals surface area contributed by atoms with Gasteiger partial charge in [-0.2, -0.15) is 9.78 Å². The molecule has 0 fully saturated rings. The number of rotatable bonds is 6. The zero-order valence-corrected chi connectivity index (χ0v) is 13.4. The number of nitrogens with zero attached hydrogens (tertiary/aromatic N) is 2. The van der Waals surface area contributed by atoms with Gasteiger partial charge in [-0.3, -0.25) is 4.79 Å². The fourth-order valence-electron chi connectivity index (χ4n) is 2.33. The summed E-state index contributed by atoms with van der Waals surface area (Å²) in [4.78, 5) is 12.1. The van der Waals surface area contributed by atoms with Crippen LogP contribution in [0.2, 0.25) is 0 Å². The standard InChI is InChI=1S/C17H23N3O2/c1-4-5-8-18-11-14-16(21)10-17(22)20(19-14)15-7-6-12(2)9-13(15)3/h6-7,9-10,18,21H,4-5,8,11H2,1-3H3. The third-order valence-corrected chi connectivity index (χ3v) is 3.57. The normalized spacial score (nSPS) is 10.9. The molecule has 0 amide bonds. The molecule has 5 nitrogen and oxygen atoms in total. The lowest BCUT2D eigenvalue weighted by Crippen LogP contribution is -2.25. The predicted octanol–water partition coefficient (Wildman–Crippen LogP) is 2.44. The highest BCUT2D eigenvalue weighted by Crippen LogP contribution is 2.16. The Balaban J connectivity index is 2.33. The minimum atomic E-state index is -0.332. The van der Waals surface area contributed by atoms with Crippen LogP contribution in [0.5, 0.6) is 5.75 Å². The Labute approximate surface area is 130 Å². The summed E-state index contributed by atoms with van der Waals surface area (Å²) in [6, 6.07) is 7.06. The second kappa shape index (κ2) is 7.22. The molecule has 0 unspecified atom stereocenters. The zero-order valence-electron chi connectivity index (χ0n) is 13.4.